The summed E-state index contributed by atoms with van der Waals surface area (Å²) in [6.07, 6.45) is 0.703. The summed E-state index contributed by atoms with van der Waals surface area (Å²) in [5.41, 5.74) is 4.95. The Kier molecular flexibility index (Phi) is 11.7. The number of carbonyl (C=O) groups is 4. The third kappa shape index (κ3) is 9.75. The summed E-state index contributed by atoms with van der Waals surface area (Å²) < 4.78 is 5.27. The Morgan fingerprint density at radius 3 is 2.25 bits per heavy atom. The van der Waals surface area contributed by atoms with Crippen molar-refractivity contribution in [1.82, 2.24) is 15.5 Å². The van der Waals surface area contributed by atoms with Crippen LogP contribution in [-0.2, 0) is 19.1 Å². The number of amides is 4. The van der Waals surface area contributed by atoms with Crippen molar-refractivity contribution in [3.05, 3.63) is 29.8 Å². The van der Waals surface area contributed by atoms with Crippen LogP contribution in [0.1, 0.15) is 85.8 Å². The minimum atomic E-state index is -1.35. The number of aromatic hydroxyl groups is 1. The topological polar surface area (TPSA) is 151 Å². The molecule has 0 saturated carbocycles. The monoisotopic (exact) mass is 506 g/mol. The quantitative estimate of drug-likeness (QED) is 0.342. The molecule has 0 radical (unpaired) electrons. The first-order valence-electron chi connectivity index (χ1n) is 12.4. The average molecular weight is 507 g/mol. The molecule has 5 N–H and O–H groups in total. The first-order valence-corrected chi connectivity index (χ1v) is 12.4. The maximum absolute atomic E-state index is 13.9. The molecule has 4 amide bonds. The molecule has 0 bridgehead atoms. The van der Waals surface area contributed by atoms with E-state index in [0.717, 1.165) is 12.8 Å². The molecule has 0 heterocycles. The van der Waals surface area contributed by atoms with Gasteiger partial charge in [0.25, 0.3) is 0 Å². The Morgan fingerprint density at radius 2 is 1.75 bits per heavy atom. The van der Waals surface area contributed by atoms with Gasteiger partial charge in [0, 0.05) is 12.1 Å². The van der Waals surface area contributed by atoms with Crippen LogP contribution in [0.25, 0.3) is 0 Å². The van der Waals surface area contributed by atoms with E-state index in [-0.39, 0.29) is 11.8 Å². The summed E-state index contributed by atoms with van der Waals surface area (Å²) in [7, 11) is 0. The standard InChI is InChI=1S/C26H42N4O6/c1-8-11-16(3)28-23(33)22(18-12-10-13-19(31)14-18)30(17(4)9-2)24(34)20(15-21(27)32)29-25(35)36-26(5,6)7/h10,12-14,16-17,20,22,31H,8-9,11,15H2,1-7H3,(H2,27,32)(H,28,33)(H,29,35). The first kappa shape index (κ1) is 30.7. The van der Waals surface area contributed by atoms with Crippen LogP contribution in [0.5, 0.6) is 5.75 Å². The zero-order chi connectivity index (χ0) is 27.6. The van der Waals surface area contributed by atoms with Crippen molar-refractivity contribution in [2.45, 2.75) is 104 Å². The number of primary amides is 1. The predicted molar refractivity (Wildman–Crippen MR) is 137 cm³/mol. The molecule has 202 valence electrons. The molecule has 0 aromatic heterocycles. The molecule has 4 atom stereocenters. The Labute approximate surface area is 213 Å². The summed E-state index contributed by atoms with van der Waals surface area (Å²) in [5, 5.41) is 15.5. The molecule has 1 aromatic rings. The number of phenolic OH excluding ortho intramolecular Hbond substituents is 1. The van der Waals surface area contributed by atoms with Gasteiger partial charge in [-0.2, -0.15) is 0 Å². The number of phenols is 1. The van der Waals surface area contributed by atoms with Crippen molar-refractivity contribution >= 4 is 23.8 Å². The smallest absolute Gasteiger partial charge is 0.408 e. The van der Waals surface area contributed by atoms with Crippen LogP contribution in [0.3, 0.4) is 0 Å². The van der Waals surface area contributed by atoms with E-state index in [2.05, 4.69) is 10.6 Å². The number of alkyl carbamates (subject to hydrolysis) is 1. The minimum absolute atomic E-state index is 0.0657. The van der Waals surface area contributed by atoms with Crippen LogP contribution in [0.4, 0.5) is 4.79 Å². The SMILES string of the molecule is CCCC(C)NC(=O)C(c1cccc(O)c1)N(C(=O)C(CC(N)=O)NC(=O)OC(C)(C)C)C(C)CC. The predicted octanol–water partition coefficient (Wildman–Crippen LogP) is 3.13. The summed E-state index contributed by atoms with van der Waals surface area (Å²) >= 11 is 0. The highest BCUT2D eigenvalue weighted by Gasteiger charge is 2.39. The maximum Gasteiger partial charge on any atom is 0.408 e. The number of benzene rings is 1. The summed E-state index contributed by atoms with van der Waals surface area (Å²) in [4.78, 5) is 53.1. The average Bonchev–Trinajstić information content (AvgIpc) is 2.74. The highest BCUT2D eigenvalue weighted by Crippen LogP contribution is 2.29. The number of ether oxygens (including phenoxy) is 1. The van der Waals surface area contributed by atoms with Crippen LogP contribution in [0.2, 0.25) is 0 Å². The van der Waals surface area contributed by atoms with E-state index in [9.17, 15) is 24.3 Å². The first-order chi connectivity index (χ1) is 16.7. The molecule has 0 saturated heterocycles. The van der Waals surface area contributed by atoms with Gasteiger partial charge < -0.3 is 31.1 Å². The van der Waals surface area contributed by atoms with Crippen LogP contribution in [0, 0.1) is 0 Å². The van der Waals surface area contributed by atoms with Gasteiger partial charge in [-0.3, -0.25) is 14.4 Å². The van der Waals surface area contributed by atoms with Gasteiger partial charge in [-0.25, -0.2) is 4.79 Å². The molecular formula is C26H42N4O6. The number of nitrogens with zero attached hydrogens (tertiary/aromatic N) is 1. The molecule has 0 aliphatic rings. The van der Waals surface area contributed by atoms with E-state index >= 15 is 0 Å². The molecule has 36 heavy (non-hydrogen) atoms. The van der Waals surface area contributed by atoms with Crippen molar-refractivity contribution in [2.75, 3.05) is 0 Å². The molecule has 4 unspecified atom stereocenters. The summed E-state index contributed by atoms with van der Waals surface area (Å²) in [5.74, 6) is -1.97. The fraction of sp³-hybridized carbons (Fsp3) is 0.615. The molecule has 1 rings (SSSR count). The van der Waals surface area contributed by atoms with E-state index in [1.54, 1.807) is 39.8 Å². The third-order valence-electron chi connectivity index (χ3n) is 5.54. The maximum atomic E-state index is 13.9. The fourth-order valence-corrected chi connectivity index (χ4v) is 3.79. The zero-order valence-corrected chi connectivity index (χ0v) is 22.5. The normalized spacial score (nSPS) is 14.6. The Balaban J connectivity index is 3.54. The lowest BCUT2D eigenvalue weighted by Crippen LogP contribution is -2.56. The number of rotatable bonds is 12. The number of nitrogens with two attached hydrogens (primary N) is 1. The van der Waals surface area contributed by atoms with Crippen molar-refractivity contribution in [3.63, 3.8) is 0 Å². The van der Waals surface area contributed by atoms with Gasteiger partial charge >= 0.3 is 6.09 Å². The number of carbonyl (C=O) groups excluding carboxylic acids is 4. The third-order valence-corrected chi connectivity index (χ3v) is 5.54. The Bertz CT molecular complexity index is 914. The number of hydrogen-bond acceptors (Lipinski definition) is 6. The lowest BCUT2D eigenvalue weighted by atomic mass is 9.98. The summed E-state index contributed by atoms with van der Waals surface area (Å²) in [6, 6.07) is 3.00. The van der Waals surface area contributed by atoms with Crippen LogP contribution >= 0.6 is 0 Å². The molecule has 1 aromatic carbocycles. The fourth-order valence-electron chi connectivity index (χ4n) is 3.79. The second-order valence-corrected chi connectivity index (χ2v) is 10.1. The van der Waals surface area contributed by atoms with Crippen LogP contribution in [-0.4, -0.2) is 57.5 Å². The van der Waals surface area contributed by atoms with Crippen molar-refractivity contribution in [2.24, 2.45) is 5.73 Å². The molecule has 10 nitrogen and oxygen atoms in total. The van der Waals surface area contributed by atoms with E-state index in [1.165, 1.54) is 17.0 Å². The Morgan fingerprint density at radius 1 is 1.11 bits per heavy atom. The Hall–Kier alpha value is -3.30. The minimum Gasteiger partial charge on any atom is -0.508 e. The van der Waals surface area contributed by atoms with Gasteiger partial charge in [0.05, 0.1) is 6.42 Å². The highest BCUT2D eigenvalue weighted by molar-refractivity contribution is 5.94. The molecule has 0 fully saturated rings. The number of nitrogens with one attached hydrogen (secondary N) is 2. The molecule has 0 aliphatic carbocycles. The van der Waals surface area contributed by atoms with Gasteiger partial charge in [-0.05, 0) is 65.2 Å². The summed E-state index contributed by atoms with van der Waals surface area (Å²) in [6.45, 7) is 12.5. The number of hydrogen-bond donors (Lipinski definition) is 4. The van der Waals surface area contributed by atoms with E-state index in [1.807, 2.05) is 20.8 Å². The molecule has 0 spiro atoms. The zero-order valence-electron chi connectivity index (χ0n) is 22.5. The highest BCUT2D eigenvalue weighted by atomic mass is 16.6. The largest absolute Gasteiger partial charge is 0.508 e. The van der Waals surface area contributed by atoms with E-state index in [0.29, 0.717) is 12.0 Å². The van der Waals surface area contributed by atoms with Gasteiger partial charge in [0.15, 0.2) is 0 Å². The lowest BCUT2D eigenvalue weighted by Gasteiger charge is -2.38. The van der Waals surface area contributed by atoms with E-state index in [4.69, 9.17) is 10.5 Å². The molecular weight excluding hydrogens is 464 g/mol. The van der Waals surface area contributed by atoms with Crippen molar-refractivity contribution in [1.29, 1.82) is 0 Å². The van der Waals surface area contributed by atoms with Gasteiger partial charge in [0.2, 0.25) is 17.7 Å². The second kappa shape index (κ2) is 13.7. The van der Waals surface area contributed by atoms with Gasteiger partial charge in [0.1, 0.15) is 23.4 Å². The van der Waals surface area contributed by atoms with Crippen LogP contribution < -0.4 is 16.4 Å². The van der Waals surface area contributed by atoms with Crippen molar-refractivity contribution < 1.29 is 29.0 Å². The van der Waals surface area contributed by atoms with E-state index < -0.39 is 54.0 Å². The van der Waals surface area contributed by atoms with Crippen molar-refractivity contribution in [3.8, 4) is 5.75 Å². The van der Waals surface area contributed by atoms with Gasteiger partial charge in [-0.15, -0.1) is 0 Å². The second-order valence-electron chi connectivity index (χ2n) is 10.1. The molecule has 10 heteroatoms. The van der Waals surface area contributed by atoms with Crippen LogP contribution in [0.15, 0.2) is 24.3 Å². The lowest BCUT2D eigenvalue weighted by molar-refractivity contribution is -0.146. The van der Waals surface area contributed by atoms with Gasteiger partial charge in [-0.1, -0.05) is 32.4 Å². The molecule has 0 aliphatic heterocycles.